The minimum Gasteiger partial charge on any atom is -0.457 e. The van der Waals surface area contributed by atoms with Gasteiger partial charge in [0.25, 0.3) is 0 Å². The van der Waals surface area contributed by atoms with Crippen LogP contribution < -0.4 is 0 Å². The zero-order valence-corrected chi connectivity index (χ0v) is 22.2. The molecule has 37 heavy (non-hydrogen) atoms. The van der Waals surface area contributed by atoms with Crippen molar-refractivity contribution in [1.82, 2.24) is 0 Å². The van der Waals surface area contributed by atoms with Crippen LogP contribution in [0, 0.1) is 17.3 Å². The van der Waals surface area contributed by atoms with Crippen molar-refractivity contribution < 1.29 is 19.1 Å². The SMILES string of the molecule is CC(C)(C(=O)OC(CC1C=CCCC1)c1ccccc1)C(=O)OC(CC1C=CCCC1)c1ccccc1. The number of allylic oxidation sites excluding steroid dienone is 4. The molecule has 2 aliphatic rings. The Morgan fingerprint density at radius 2 is 1.14 bits per heavy atom. The molecule has 0 bridgehead atoms. The molecule has 4 nitrogen and oxygen atoms in total. The molecule has 0 radical (unpaired) electrons. The van der Waals surface area contributed by atoms with E-state index in [2.05, 4.69) is 24.3 Å². The molecule has 0 spiro atoms. The van der Waals surface area contributed by atoms with Gasteiger partial charge in [0.05, 0.1) is 0 Å². The highest BCUT2D eigenvalue weighted by Gasteiger charge is 2.42. The van der Waals surface area contributed by atoms with Crippen LogP contribution in [-0.2, 0) is 19.1 Å². The van der Waals surface area contributed by atoms with Crippen molar-refractivity contribution in [3.63, 3.8) is 0 Å². The number of carbonyl (C=O) groups is 2. The first-order chi connectivity index (χ1) is 17.9. The van der Waals surface area contributed by atoms with Crippen LogP contribution in [0.1, 0.15) is 88.5 Å². The van der Waals surface area contributed by atoms with E-state index < -0.39 is 29.6 Å². The highest BCUT2D eigenvalue weighted by Crippen LogP contribution is 2.36. The van der Waals surface area contributed by atoms with Crippen molar-refractivity contribution in [3.05, 3.63) is 96.1 Å². The number of carbonyl (C=O) groups excluding carboxylic acids is 2. The smallest absolute Gasteiger partial charge is 0.323 e. The van der Waals surface area contributed by atoms with E-state index in [1.807, 2.05) is 60.7 Å². The maximum Gasteiger partial charge on any atom is 0.323 e. The van der Waals surface area contributed by atoms with Gasteiger partial charge in [-0.05, 0) is 88.2 Å². The van der Waals surface area contributed by atoms with E-state index in [1.54, 1.807) is 13.8 Å². The predicted octanol–water partition coefficient (Wildman–Crippen LogP) is 8.07. The van der Waals surface area contributed by atoms with Crippen molar-refractivity contribution in [1.29, 1.82) is 0 Å². The van der Waals surface area contributed by atoms with Gasteiger partial charge in [-0.15, -0.1) is 0 Å². The fourth-order valence-corrected chi connectivity index (χ4v) is 5.18. The number of rotatable bonds is 10. The van der Waals surface area contributed by atoms with Crippen LogP contribution in [0.15, 0.2) is 85.0 Å². The third-order valence-corrected chi connectivity index (χ3v) is 7.60. The minimum absolute atomic E-state index is 0.354. The van der Waals surface area contributed by atoms with E-state index in [0.717, 1.165) is 49.7 Å². The van der Waals surface area contributed by atoms with Gasteiger partial charge in [0.15, 0.2) is 5.41 Å². The molecule has 0 amide bonds. The van der Waals surface area contributed by atoms with E-state index in [1.165, 1.54) is 0 Å². The first-order valence-corrected chi connectivity index (χ1v) is 13.8. The van der Waals surface area contributed by atoms with Gasteiger partial charge in [0, 0.05) is 0 Å². The molecule has 0 heterocycles. The van der Waals surface area contributed by atoms with Crippen LogP contribution in [0.3, 0.4) is 0 Å². The van der Waals surface area contributed by atoms with Crippen molar-refractivity contribution >= 4 is 11.9 Å². The van der Waals surface area contributed by atoms with Gasteiger partial charge in [0.1, 0.15) is 12.2 Å². The van der Waals surface area contributed by atoms with Gasteiger partial charge in [-0.25, -0.2) is 0 Å². The average Bonchev–Trinajstić information content (AvgIpc) is 2.94. The van der Waals surface area contributed by atoms with Crippen molar-refractivity contribution in [2.45, 2.75) is 77.4 Å². The maximum atomic E-state index is 13.5. The highest BCUT2D eigenvalue weighted by atomic mass is 16.6. The lowest BCUT2D eigenvalue weighted by Crippen LogP contribution is -2.38. The summed E-state index contributed by atoms with van der Waals surface area (Å²) in [6.45, 7) is 3.23. The standard InChI is InChI=1S/C33H40O4/c1-33(2,31(34)36-29(27-19-11-5-12-20-27)23-25-15-7-3-8-16-25)32(35)37-30(28-21-13-6-14-22-28)24-26-17-9-4-10-18-26/h5-7,9,11-15,17,19-22,25-26,29-30H,3-4,8,10,16,18,23-24H2,1-2H3. The molecule has 2 aliphatic carbocycles. The lowest BCUT2D eigenvalue weighted by Gasteiger charge is -2.30. The largest absolute Gasteiger partial charge is 0.457 e. The third-order valence-electron chi connectivity index (χ3n) is 7.60. The first kappa shape index (κ1) is 26.9. The summed E-state index contributed by atoms with van der Waals surface area (Å²) in [5.41, 5.74) is 0.473. The predicted molar refractivity (Wildman–Crippen MR) is 147 cm³/mol. The summed E-state index contributed by atoms with van der Waals surface area (Å²) in [7, 11) is 0. The molecule has 196 valence electrons. The van der Waals surface area contributed by atoms with Crippen LogP contribution in [0.4, 0.5) is 0 Å². The van der Waals surface area contributed by atoms with E-state index in [4.69, 9.17) is 9.47 Å². The molecule has 0 aromatic heterocycles. The van der Waals surface area contributed by atoms with Crippen LogP contribution in [0.5, 0.6) is 0 Å². The summed E-state index contributed by atoms with van der Waals surface area (Å²) in [6, 6.07) is 19.7. The van der Waals surface area contributed by atoms with Crippen molar-refractivity contribution in [3.8, 4) is 0 Å². The van der Waals surface area contributed by atoms with E-state index in [0.29, 0.717) is 24.7 Å². The molecule has 0 fully saturated rings. The lowest BCUT2D eigenvalue weighted by atomic mass is 9.88. The summed E-state index contributed by atoms with van der Waals surface area (Å²) in [5.74, 6) is -0.383. The average molecular weight is 501 g/mol. The van der Waals surface area contributed by atoms with Crippen LogP contribution in [0.2, 0.25) is 0 Å². The third kappa shape index (κ3) is 7.44. The molecule has 0 saturated heterocycles. The van der Waals surface area contributed by atoms with Gasteiger partial charge < -0.3 is 9.47 Å². The molecule has 4 unspecified atom stereocenters. The van der Waals surface area contributed by atoms with Crippen LogP contribution in [-0.4, -0.2) is 11.9 Å². The Labute approximate surface area is 221 Å². The number of hydrogen-bond acceptors (Lipinski definition) is 4. The molecule has 2 aromatic carbocycles. The van der Waals surface area contributed by atoms with Crippen LogP contribution in [0.25, 0.3) is 0 Å². The number of esters is 2. The van der Waals surface area contributed by atoms with Gasteiger partial charge in [0.2, 0.25) is 0 Å². The van der Waals surface area contributed by atoms with Crippen molar-refractivity contribution in [2.75, 3.05) is 0 Å². The van der Waals surface area contributed by atoms with E-state index in [-0.39, 0.29) is 0 Å². The second kappa shape index (κ2) is 12.9. The second-order valence-corrected chi connectivity index (χ2v) is 10.9. The molecular weight excluding hydrogens is 460 g/mol. The Bertz CT molecular complexity index is 985. The number of benzene rings is 2. The Hall–Kier alpha value is -3.14. The Balaban J connectivity index is 1.48. The molecule has 2 aromatic rings. The Morgan fingerprint density at radius 3 is 1.49 bits per heavy atom. The molecule has 0 N–H and O–H groups in total. The quantitative estimate of drug-likeness (QED) is 0.188. The minimum atomic E-state index is -1.43. The van der Waals surface area contributed by atoms with E-state index >= 15 is 0 Å². The summed E-state index contributed by atoms with van der Waals surface area (Å²) in [6.07, 6.45) is 16.1. The van der Waals surface area contributed by atoms with Gasteiger partial charge in [-0.3, -0.25) is 9.59 Å². The normalized spacial score (nSPS) is 21.1. The van der Waals surface area contributed by atoms with Crippen molar-refractivity contribution in [2.24, 2.45) is 17.3 Å². The monoisotopic (exact) mass is 500 g/mol. The summed E-state index contributed by atoms with van der Waals surface area (Å²) >= 11 is 0. The summed E-state index contributed by atoms with van der Waals surface area (Å²) < 4.78 is 12.2. The molecule has 4 atom stereocenters. The Morgan fingerprint density at radius 1 is 0.730 bits per heavy atom. The summed E-state index contributed by atoms with van der Waals surface area (Å²) in [4.78, 5) is 27.0. The number of hydrogen-bond donors (Lipinski definition) is 0. The van der Waals surface area contributed by atoms with Gasteiger partial charge >= 0.3 is 11.9 Å². The zero-order valence-electron chi connectivity index (χ0n) is 22.2. The summed E-state index contributed by atoms with van der Waals surface area (Å²) in [5, 5.41) is 0. The van der Waals surface area contributed by atoms with Gasteiger partial charge in [-0.1, -0.05) is 85.0 Å². The second-order valence-electron chi connectivity index (χ2n) is 10.9. The topological polar surface area (TPSA) is 52.6 Å². The maximum absolute atomic E-state index is 13.5. The van der Waals surface area contributed by atoms with E-state index in [9.17, 15) is 9.59 Å². The lowest BCUT2D eigenvalue weighted by molar-refractivity contribution is -0.177. The fraction of sp³-hybridized carbons (Fsp3) is 0.455. The molecular formula is C33H40O4. The molecule has 0 saturated carbocycles. The number of ether oxygens (including phenoxy) is 2. The first-order valence-electron chi connectivity index (χ1n) is 13.8. The highest BCUT2D eigenvalue weighted by molar-refractivity contribution is 5.99. The Kier molecular flexibility index (Phi) is 9.38. The molecule has 4 heteroatoms. The molecule has 4 rings (SSSR count). The molecule has 0 aliphatic heterocycles. The van der Waals surface area contributed by atoms with Gasteiger partial charge in [-0.2, -0.15) is 0 Å². The fourth-order valence-electron chi connectivity index (χ4n) is 5.18. The van der Waals surface area contributed by atoms with Crippen LogP contribution >= 0.6 is 0 Å². The zero-order chi connectivity index (χ0) is 26.1.